The van der Waals surface area contributed by atoms with Crippen LogP contribution < -0.4 is 5.32 Å². The number of aromatic nitrogens is 2. The van der Waals surface area contributed by atoms with Crippen molar-refractivity contribution in [3.05, 3.63) is 59.5 Å². The predicted molar refractivity (Wildman–Crippen MR) is 108 cm³/mol. The average molecular weight is 369 g/mol. The van der Waals surface area contributed by atoms with Gasteiger partial charge in [0, 0.05) is 41.6 Å². The minimum absolute atomic E-state index is 0.610. The third-order valence-electron chi connectivity index (χ3n) is 5.45. The maximum Gasteiger partial charge on any atom is 0.0715 e. The summed E-state index contributed by atoms with van der Waals surface area (Å²) in [6.45, 7) is 4.54. The molecule has 1 aromatic carbocycles. The first-order valence-electron chi connectivity index (χ1n) is 9.34. The molecular weight excluding hydrogens is 344 g/mol. The summed E-state index contributed by atoms with van der Waals surface area (Å²) in [6.07, 6.45) is 8.61. The summed E-state index contributed by atoms with van der Waals surface area (Å²) in [5, 5.41) is 5.33. The molecule has 0 radical (unpaired) electrons. The monoisotopic (exact) mass is 368 g/mol. The van der Waals surface area contributed by atoms with Gasteiger partial charge in [0.25, 0.3) is 0 Å². The molecule has 0 unspecified atom stereocenters. The summed E-state index contributed by atoms with van der Waals surface area (Å²) in [7, 11) is 2.02. The molecule has 4 rings (SSSR count). The number of fused-ring (bicyclic) bond motifs is 1. The predicted octanol–water partition coefficient (Wildman–Crippen LogP) is 4.08. The van der Waals surface area contributed by atoms with E-state index in [1.807, 2.05) is 31.6 Å². The summed E-state index contributed by atoms with van der Waals surface area (Å²) < 4.78 is 2.25. The zero-order valence-electron chi connectivity index (χ0n) is 15.2. The topological polar surface area (TPSA) is 33.1 Å². The Morgan fingerprint density at radius 2 is 1.92 bits per heavy atom. The lowest BCUT2D eigenvalue weighted by Crippen LogP contribution is -2.37. The Balaban J connectivity index is 1.63. The van der Waals surface area contributed by atoms with Crippen molar-refractivity contribution in [1.29, 1.82) is 0 Å². The Bertz CT molecular complexity index is 863. The van der Waals surface area contributed by atoms with E-state index in [9.17, 15) is 0 Å². The molecule has 1 N–H and O–H groups in total. The first-order chi connectivity index (χ1) is 12.8. The molecule has 0 saturated carbocycles. The van der Waals surface area contributed by atoms with Crippen LogP contribution in [0.25, 0.3) is 16.6 Å². The molecule has 5 heteroatoms. The molecule has 0 amide bonds. The van der Waals surface area contributed by atoms with Crippen molar-refractivity contribution >= 4 is 22.5 Å². The van der Waals surface area contributed by atoms with Crippen molar-refractivity contribution in [3.63, 3.8) is 0 Å². The molecule has 0 bridgehead atoms. The Hall–Kier alpha value is -1.88. The van der Waals surface area contributed by atoms with Crippen LogP contribution in [0.2, 0.25) is 5.02 Å². The van der Waals surface area contributed by atoms with Gasteiger partial charge in [-0.2, -0.15) is 0 Å². The third-order valence-corrected chi connectivity index (χ3v) is 5.70. The normalized spacial score (nSPS) is 16.4. The van der Waals surface area contributed by atoms with Crippen LogP contribution in [0.3, 0.4) is 0 Å². The van der Waals surface area contributed by atoms with Gasteiger partial charge in [-0.3, -0.25) is 4.98 Å². The van der Waals surface area contributed by atoms with Gasteiger partial charge in [-0.15, -0.1) is 0 Å². The smallest absolute Gasteiger partial charge is 0.0715 e. The van der Waals surface area contributed by atoms with Crippen molar-refractivity contribution in [2.24, 2.45) is 0 Å². The van der Waals surface area contributed by atoms with Crippen molar-refractivity contribution in [2.45, 2.75) is 18.8 Å². The number of rotatable bonds is 5. The Morgan fingerprint density at radius 3 is 2.65 bits per heavy atom. The van der Waals surface area contributed by atoms with E-state index in [0.29, 0.717) is 5.92 Å². The zero-order chi connectivity index (χ0) is 17.9. The molecule has 0 spiro atoms. The Kier molecular flexibility index (Phi) is 5.25. The molecule has 26 heavy (non-hydrogen) atoms. The van der Waals surface area contributed by atoms with Crippen LogP contribution in [0.5, 0.6) is 0 Å². The van der Waals surface area contributed by atoms with Crippen molar-refractivity contribution in [2.75, 3.05) is 33.2 Å². The van der Waals surface area contributed by atoms with Crippen molar-refractivity contribution in [1.82, 2.24) is 19.8 Å². The minimum Gasteiger partial charge on any atom is -0.318 e. The second-order valence-electron chi connectivity index (χ2n) is 7.04. The highest BCUT2D eigenvalue weighted by atomic mass is 35.5. The lowest BCUT2D eigenvalue weighted by molar-refractivity contribution is 0.214. The van der Waals surface area contributed by atoms with Crippen LogP contribution in [0.15, 0.2) is 48.9 Å². The second kappa shape index (κ2) is 7.78. The summed E-state index contributed by atoms with van der Waals surface area (Å²) in [4.78, 5) is 6.92. The summed E-state index contributed by atoms with van der Waals surface area (Å²) in [5.74, 6) is 0.610. The van der Waals surface area contributed by atoms with Gasteiger partial charge in [-0.25, -0.2) is 0 Å². The molecule has 0 aliphatic carbocycles. The number of halogens is 1. The van der Waals surface area contributed by atoms with Gasteiger partial charge in [-0.05, 0) is 74.8 Å². The van der Waals surface area contributed by atoms with E-state index in [4.69, 9.17) is 11.6 Å². The number of piperidine rings is 1. The van der Waals surface area contributed by atoms with Gasteiger partial charge >= 0.3 is 0 Å². The molecule has 1 aliphatic rings. The standard InChI is InChI=1S/C21H25ClN4/c1-23-10-13-25-11-7-16(8-12-25)20-15-26(18-4-2-17(22)3-5-18)21-14-24-9-6-19(20)21/h2-6,9,14-16,23H,7-8,10-13H2,1H3. The number of benzene rings is 1. The molecule has 2 aromatic heterocycles. The Morgan fingerprint density at radius 1 is 1.15 bits per heavy atom. The van der Waals surface area contributed by atoms with Gasteiger partial charge in [-0.1, -0.05) is 11.6 Å². The summed E-state index contributed by atoms with van der Waals surface area (Å²) >= 11 is 6.06. The van der Waals surface area contributed by atoms with Gasteiger partial charge in [0.2, 0.25) is 0 Å². The lowest BCUT2D eigenvalue weighted by atomic mass is 9.89. The second-order valence-corrected chi connectivity index (χ2v) is 7.48. The molecular formula is C21H25ClN4. The number of hydrogen-bond acceptors (Lipinski definition) is 3. The molecule has 3 aromatic rings. The number of pyridine rings is 1. The number of likely N-dealkylation sites (N-methyl/N-ethyl adjacent to an activating group) is 1. The highest BCUT2D eigenvalue weighted by molar-refractivity contribution is 6.30. The number of nitrogens with one attached hydrogen (secondary N) is 1. The van der Waals surface area contributed by atoms with E-state index < -0.39 is 0 Å². The number of likely N-dealkylation sites (tertiary alicyclic amines) is 1. The highest BCUT2D eigenvalue weighted by Crippen LogP contribution is 2.35. The maximum atomic E-state index is 6.06. The molecule has 136 valence electrons. The molecule has 4 nitrogen and oxygen atoms in total. The Labute approximate surface area is 159 Å². The molecule has 3 heterocycles. The van der Waals surface area contributed by atoms with Crippen LogP contribution in [0.1, 0.15) is 24.3 Å². The lowest BCUT2D eigenvalue weighted by Gasteiger charge is -2.31. The van der Waals surface area contributed by atoms with Gasteiger partial charge in [0.15, 0.2) is 0 Å². The number of hydrogen-bond donors (Lipinski definition) is 1. The first kappa shape index (κ1) is 17.5. The summed E-state index contributed by atoms with van der Waals surface area (Å²) in [6, 6.07) is 10.2. The van der Waals surface area contributed by atoms with Crippen LogP contribution in [-0.4, -0.2) is 47.7 Å². The van der Waals surface area contributed by atoms with E-state index >= 15 is 0 Å². The van der Waals surface area contributed by atoms with Crippen LogP contribution in [0, 0.1) is 0 Å². The van der Waals surface area contributed by atoms with Crippen LogP contribution in [-0.2, 0) is 0 Å². The first-order valence-corrected chi connectivity index (χ1v) is 9.72. The quantitative estimate of drug-likeness (QED) is 0.736. The van der Waals surface area contributed by atoms with Gasteiger partial charge in [0.05, 0.1) is 11.7 Å². The largest absolute Gasteiger partial charge is 0.318 e. The van der Waals surface area contributed by atoms with Crippen LogP contribution in [0.4, 0.5) is 0 Å². The molecule has 0 atom stereocenters. The number of nitrogens with zero attached hydrogens (tertiary/aromatic N) is 3. The highest BCUT2D eigenvalue weighted by Gasteiger charge is 2.23. The van der Waals surface area contributed by atoms with E-state index in [-0.39, 0.29) is 0 Å². The van der Waals surface area contributed by atoms with E-state index in [0.717, 1.165) is 23.8 Å². The summed E-state index contributed by atoms with van der Waals surface area (Å²) in [5.41, 5.74) is 3.75. The third kappa shape index (κ3) is 3.50. The molecule has 1 fully saturated rings. The zero-order valence-corrected chi connectivity index (χ0v) is 15.9. The molecule has 1 saturated heterocycles. The maximum absolute atomic E-state index is 6.06. The van der Waals surface area contributed by atoms with E-state index in [1.165, 1.54) is 42.4 Å². The van der Waals surface area contributed by atoms with Crippen molar-refractivity contribution in [3.8, 4) is 5.69 Å². The van der Waals surface area contributed by atoms with Crippen LogP contribution >= 0.6 is 11.6 Å². The minimum atomic E-state index is 0.610. The average Bonchev–Trinajstić information content (AvgIpc) is 3.07. The van der Waals surface area contributed by atoms with E-state index in [2.05, 4.69) is 44.2 Å². The molecule has 1 aliphatic heterocycles. The van der Waals surface area contributed by atoms with Crippen molar-refractivity contribution < 1.29 is 0 Å². The fraction of sp³-hybridized carbons (Fsp3) is 0.381. The fourth-order valence-electron chi connectivity index (χ4n) is 3.98. The van der Waals surface area contributed by atoms with E-state index in [1.54, 1.807) is 0 Å². The SMILES string of the molecule is CNCCN1CCC(c2cn(-c3ccc(Cl)cc3)c3cnccc23)CC1. The van der Waals surface area contributed by atoms with Gasteiger partial charge < -0.3 is 14.8 Å². The fourth-order valence-corrected chi connectivity index (χ4v) is 4.10. The van der Waals surface area contributed by atoms with Gasteiger partial charge in [0.1, 0.15) is 0 Å².